The second-order valence-corrected chi connectivity index (χ2v) is 3.20. The van der Waals surface area contributed by atoms with Crippen LogP contribution < -0.4 is 0 Å². The molecule has 0 heterocycles. The highest BCUT2D eigenvalue weighted by molar-refractivity contribution is 5.18. The van der Waals surface area contributed by atoms with E-state index in [0.717, 1.165) is 18.8 Å². The molecule has 1 aliphatic carbocycles. The summed E-state index contributed by atoms with van der Waals surface area (Å²) in [6.45, 7) is 4.47. The Morgan fingerprint density at radius 3 is 3.00 bits per heavy atom. The van der Waals surface area contributed by atoms with Gasteiger partial charge in [-0.15, -0.1) is 0 Å². The van der Waals surface area contributed by atoms with Gasteiger partial charge in [-0.25, -0.2) is 0 Å². The molecule has 1 radical (unpaired) electrons. The van der Waals surface area contributed by atoms with Crippen LogP contribution in [0.3, 0.4) is 0 Å². The number of allylic oxidation sites excluding steroid dienone is 4. The summed E-state index contributed by atoms with van der Waals surface area (Å²) in [7, 11) is 0. The van der Waals surface area contributed by atoms with E-state index in [1.807, 2.05) is 0 Å². The van der Waals surface area contributed by atoms with Crippen molar-refractivity contribution in [2.45, 2.75) is 39.5 Å². The molecule has 1 rings (SSSR count). The first-order chi connectivity index (χ1) is 5.36. The van der Waals surface area contributed by atoms with E-state index in [9.17, 15) is 0 Å². The molecule has 0 saturated heterocycles. The molecule has 1 unspecified atom stereocenters. The first-order valence-electron chi connectivity index (χ1n) is 4.62. The van der Waals surface area contributed by atoms with Crippen molar-refractivity contribution in [1.29, 1.82) is 0 Å². The van der Waals surface area contributed by atoms with E-state index >= 15 is 0 Å². The predicted molar refractivity (Wildman–Crippen MR) is 49.2 cm³/mol. The van der Waals surface area contributed by atoms with Gasteiger partial charge in [-0.2, -0.15) is 0 Å². The van der Waals surface area contributed by atoms with E-state index in [0.29, 0.717) is 0 Å². The highest BCUT2D eigenvalue weighted by atomic mass is 14.1. The van der Waals surface area contributed by atoms with Crippen LogP contribution in [0, 0.1) is 12.0 Å². The maximum atomic E-state index is 3.36. The second kappa shape index (κ2) is 4.38. The zero-order valence-electron chi connectivity index (χ0n) is 7.56. The first kappa shape index (κ1) is 8.58. The smallest absolute Gasteiger partial charge is 0.0245 e. The van der Waals surface area contributed by atoms with Gasteiger partial charge in [0, 0.05) is 0 Å². The van der Waals surface area contributed by atoms with Crippen LogP contribution in [-0.2, 0) is 0 Å². The number of hydrogen-bond donors (Lipinski definition) is 0. The van der Waals surface area contributed by atoms with Gasteiger partial charge >= 0.3 is 0 Å². The van der Waals surface area contributed by atoms with Gasteiger partial charge in [0.15, 0.2) is 0 Å². The molecule has 0 saturated carbocycles. The van der Waals surface area contributed by atoms with Gasteiger partial charge in [0.1, 0.15) is 0 Å². The van der Waals surface area contributed by atoms with E-state index in [1.165, 1.54) is 18.4 Å². The standard InChI is InChI=1S/C11H17/c1-3-10-6-5-7-11(4-2)9-8-10/h6,8,11H,3-4,7,9H2,1-2H3. The lowest BCUT2D eigenvalue weighted by molar-refractivity contribution is 0.520. The summed E-state index contributed by atoms with van der Waals surface area (Å²) < 4.78 is 0. The summed E-state index contributed by atoms with van der Waals surface area (Å²) in [6, 6.07) is 0. The van der Waals surface area contributed by atoms with Gasteiger partial charge in [-0.1, -0.05) is 38.0 Å². The zero-order valence-corrected chi connectivity index (χ0v) is 7.56. The van der Waals surface area contributed by atoms with Gasteiger partial charge in [0.05, 0.1) is 0 Å². The van der Waals surface area contributed by atoms with Crippen LogP contribution in [-0.4, -0.2) is 0 Å². The molecule has 61 valence electrons. The lowest BCUT2D eigenvalue weighted by Crippen LogP contribution is -1.93. The average molecular weight is 149 g/mol. The summed E-state index contributed by atoms with van der Waals surface area (Å²) >= 11 is 0. The van der Waals surface area contributed by atoms with Crippen molar-refractivity contribution in [1.82, 2.24) is 0 Å². The van der Waals surface area contributed by atoms with E-state index in [1.54, 1.807) is 0 Å². The van der Waals surface area contributed by atoms with Gasteiger partial charge in [0.25, 0.3) is 0 Å². The fourth-order valence-corrected chi connectivity index (χ4v) is 1.37. The summed E-state index contributed by atoms with van der Waals surface area (Å²) in [5.74, 6) is 0.843. The minimum Gasteiger partial charge on any atom is -0.0810 e. The average Bonchev–Trinajstić information content (AvgIpc) is 2.28. The third-order valence-corrected chi connectivity index (χ3v) is 2.39. The molecule has 0 aromatic carbocycles. The summed E-state index contributed by atoms with van der Waals surface area (Å²) in [4.78, 5) is 0. The van der Waals surface area contributed by atoms with E-state index < -0.39 is 0 Å². The molecule has 0 aliphatic heterocycles. The Bertz CT molecular complexity index is 163. The molecule has 0 spiro atoms. The minimum absolute atomic E-state index is 0.843. The van der Waals surface area contributed by atoms with Crippen LogP contribution in [0.1, 0.15) is 39.5 Å². The topological polar surface area (TPSA) is 0 Å². The Balaban J connectivity index is 2.53. The van der Waals surface area contributed by atoms with Crippen LogP contribution in [0.15, 0.2) is 17.7 Å². The lowest BCUT2D eigenvalue weighted by Gasteiger charge is -2.06. The molecule has 11 heavy (non-hydrogen) atoms. The van der Waals surface area contributed by atoms with Crippen molar-refractivity contribution in [3.63, 3.8) is 0 Å². The quantitative estimate of drug-likeness (QED) is 0.563. The summed E-state index contributed by atoms with van der Waals surface area (Å²) in [6.07, 6.45) is 12.7. The molecule has 1 aliphatic rings. The number of hydrogen-bond acceptors (Lipinski definition) is 0. The van der Waals surface area contributed by atoms with Gasteiger partial charge < -0.3 is 0 Å². The van der Waals surface area contributed by atoms with Gasteiger partial charge in [0.2, 0.25) is 0 Å². The molecule has 0 nitrogen and oxygen atoms in total. The fourth-order valence-electron chi connectivity index (χ4n) is 1.37. The molecule has 0 N–H and O–H groups in total. The Kier molecular flexibility index (Phi) is 3.41. The molecule has 0 heteroatoms. The van der Waals surface area contributed by atoms with E-state index in [4.69, 9.17) is 0 Å². The van der Waals surface area contributed by atoms with E-state index in [2.05, 4.69) is 32.1 Å². The van der Waals surface area contributed by atoms with Crippen LogP contribution in [0.25, 0.3) is 0 Å². The Labute approximate surface area is 70.0 Å². The molecule has 0 amide bonds. The molecule has 1 atom stereocenters. The largest absolute Gasteiger partial charge is 0.0810 e. The summed E-state index contributed by atoms with van der Waals surface area (Å²) in [5, 5.41) is 0. The molecule has 0 aromatic rings. The molecule has 0 bridgehead atoms. The van der Waals surface area contributed by atoms with Crippen LogP contribution >= 0.6 is 0 Å². The SMILES string of the molecule is CCC1=CCC(CC)C[C]=C1. The maximum Gasteiger partial charge on any atom is -0.0245 e. The second-order valence-electron chi connectivity index (χ2n) is 3.20. The molecule has 0 fully saturated rings. The van der Waals surface area contributed by atoms with Crippen molar-refractivity contribution in [3.8, 4) is 0 Å². The van der Waals surface area contributed by atoms with Crippen molar-refractivity contribution >= 4 is 0 Å². The van der Waals surface area contributed by atoms with Gasteiger partial charge in [-0.3, -0.25) is 0 Å². The van der Waals surface area contributed by atoms with Crippen LogP contribution in [0.5, 0.6) is 0 Å². The normalized spacial score (nSPS) is 24.5. The predicted octanol–water partition coefficient (Wildman–Crippen LogP) is 3.50. The Morgan fingerprint density at radius 1 is 1.55 bits per heavy atom. The monoisotopic (exact) mass is 149 g/mol. The number of rotatable bonds is 2. The van der Waals surface area contributed by atoms with Crippen molar-refractivity contribution in [2.75, 3.05) is 0 Å². The van der Waals surface area contributed by atoms with Crippen LogP contribution in [0.2, 0.25) is 0 Å². The third kappa shape index (κ3) is 2.53. The van der Waals surface area contributed by atoms with Crippen molar-refractivity contribution in [2.24, 2.45) is 5.92 Å². The maximum absolute atomic E-state index is 3.36. The van der Waals surface area contributed by atoms with Crippen molar-refractivity contribution in [3.05, 3.63) is 23.8 Å². The fraction of sp³-hybridized carbons (Fsp3) is 0.636. The van der Waals surface area contributed by atoms with E-state index in [-0.39, 0.29) is 0 Å². The molecular weight excluding hydrogens is 132 g/mol. The Hall–Kier alpha value is -0.520. The summed E-state index contributed by atoms with van der Waals surface area (Å²) in [5.41, 5.74) is 1.46. The third-order valence-electron chi connectivity index (χ3n) is 2.39. The van der Waals surface area contributed by atoms with Crippen LogP contribution in [0.4, 0.5) is 0 Å². The van der Waals surface area contributed by atoms with Gasteiger partial charge in [-0.05, 0) is 31.3 Å². The Morgan fingerprint density at radius 2 is 2.36 bits per heavy atom. The minimum atomic E-state index is 0.843. The lowest BCUT2D eigenvalue weighted by atomic mass is 9.99. The first-order valence-corrected chi connectivity index (χ1v) is 4.62. The highest BCUT2D eigenvalue weighted by Gasteiger charge is 2.05. The molecular formula is C11H17. The zero-order chi connectivity index (χ0) is 8.10. The molecule has 0 aromatic heterocycles. The highest BCUT2D eigenvalue weighted by Crippen LogP contribution is 2.20. The van der Waals surface area contributed by atoms with Crippen molar-refractivity contribution < 1.29 is 0 Å².